The van der Waals surface area contributed by atoms with Crippen molar-refractivity contribution in [3.05, 3.63) is 59.2 Å². The second-order valence-electron chi connectivity index (χ2n) is 6.01. The van der Waals surface area contributed by atoms with E-state index in [9.17, 15) is 13.2 Å². The number of amides is 1. The lowest BCUT2D eigenvalue weighted by Crippen LogP contribution is -2.16. The Bertz CT molecular complexity index is 1070. The average molecular weight is 371 g/mol. The molecule has 0 spiro atoms. The Morgan fingerprint density at radius 2 is 1.69 bits per heavy atom. The molecule has 1 heterocycles. The predicted molar refractivity (Wildman–Crippen MR) is 96.7 cm³/mol. The van der Waals surface area contributed by atoms with Gasteiger partial charge in [-0.3, -0.25) is 10.1 Å². The van der Waals surface area contributed by atoms with Crippen LogP contribution in [0.1, 0.15) is 21.5 Å². The lowest BCUT2D eigenvalue weighted by Gasteiger charge is -2.06. The minimum atomic E-state index is -3.55. The first kappa shape index (κ1) is 17.8. The number of hydrogen-bond acceptors (Lipinski definition) is 6. The lowest BCUT2D eigenvalue weighted by molar-refractivity contribution is 0.102. The van der Waals surface area contributed by atoms with Crippen molar-refractivity contribution in [2.24, 2.45) is 0 Å². The molecule has 0 fully saturated rings. The fourth-order valence-corrected chi connectivity index (χ4v) is 3.52. The van der Waals surface area contributed by atoms with Crippen LogP contribution in [0, 0.1) is 13.8 Å². The molecule has 0 radical (unpaired) electrons. The number of aromatic nitrogens is 2. The van der Waals surface area contributed by atoms with Gasteiger partial charge < -0.3 is 4.42 Å². The molecule has 7 nitrogen and oxygen atoms in total. The molecule has 134 valence electrons. The van der Waals surface area contributed by atoms with Crippen LogP contribution >= 0.6 is 0 Å². The van der Waals surface area contributed by atoms with Crippen molar-refractivity contribution < 1.29 is 17.6 Å². The molecule has 0 bridgehead atoms. The fourth-order valence-electron chi connectivity index (χ4n) is 2.63. The summed E-state index contributed by atoms with van der Waals surface area (Å²) in [6, 6.07) is 11.6. The van der Waals surface area contributed by atoms with Crippen molar-refractivity contribution in [3.63, 3.8) is 0 Å². The predicted octanol–water partition coefficient (Wildman–Crippen LogP) is 3.01. The number of sulfone groups is 1. The summed E-state index contributed by atoms with van der Waals surface area (Å²) in [4.78, 5) is 12.4. The van der Waals surface area contributed by atoms with Gasteiger partial charge in [-0.2, -0.15) is 0 Å². The van der Waals surface area contributed by atoms with Crippen molar-refractivity contribution in [1.82, 2.24) is 10.2 Å². The number of carbonyl (C=O) groups is 1. The van der Waals surface area contributed by atoms with E-state index in [1.54, 1.807) is 12.1 Å². The van der Waals surface area contributed by atoms with Crippen LogP contribution in [0.25, 0.3) is 11.5 Å². The van der Waals surface area contributed by atoms with E-state index < -0.39 is 15.7 Å². The molecule has 1 amide bonds. The third kappa shape index (κ3) is 3.80. The van der Waals surface area contributed by atoms with Gasteiger partial charge in [0, 0.05) is 11.8 Å². The Hall–Kier alpha value is -3.00. The van der Waals surface area contributed by atoms with E-state index in [1.165, 1.54) is 12.1 Å². The summed E-state index contributed by atoms with van der Waals surface area (Å²) in [7, 11) is -3.55. The molecule has 0 saturated heterocycles. The summed E-state index contributed by atoms with van der Waals surface area (Å²) in [5.74, 6) is -0.370. The second-order valence-corrected chi connectivity index (χ2v) is 8.00. The van der Waals surface area contributed by atoms with Crippen LogP contribution in [0.4, 0.5) is 6.01 Å². The Balaban J connectivity index is 1.87. The summed E-state index contributed by atoms with van der Waals surface area (Å²) >= 11 is 0. The number of hydrogen-bond donors (Lipinski definition) is 1. The average Bonchev–Trinajstić information content (AvgIpc) is 3.01. The first-order valence-electron chi connectivity index (χ1n) is 7.76. The summed E-state index contributed by atoms with van der Waals surface area (Å²) in [5.41, 5.74) is 2.85. The molecule has 0 saturated carbocycles. The van der Waals surface area contributed by atoms with Gasteiger partial charge in [0.15, 0.2) is 9.84 Å². The van der Waals surface area contributed by atoms with Gasteiger partial charge in [0.2, 0.25) is 5.89 Å². The van der Waals surface area contributed by atoms with E-state index in [-0.39, 0.29) is 22.4 Å². The lowest BCUT2D eigenvalue weighted by atomic mass is 10.1. The van der Waals surface area contributed by atoms with Crippen molar-refractivity contribution in [2.75, 3.05) is 11.6 Å². The van der Waals surface area contributed by atoms with E-state index in [0.29, 0.717) is 0 Å². The number of anilines is 1. The van der Waals surface area contributed by atoms with E-state index in [2.05, 4.69) is 15.5 Å². The largest absolute Gasteiger partial charge is 0.403 e. The number of nitrogens with one attached hydrogen (secondary N) is 1. The molecule has 0 aliphatic rings. The van der Waals surface area contributed by atoms with Gasteiger partial charge in [0.1, 0.15) is 0 Å². The van der Waals surface area contributed by atoms with Crippen molar-refractivity contribution >= 4 is 21.8 Å². The summed E-state index contributed by atoms with van der Waals surface area (Å²) < 4.78 is 29.2. The van der Waals surface area contributed by atoms with Gasteiger partial charge in [-0.15, -0.1) is 5.10 Å². The monoisotopic (exact) mass is 371 g/mol. The van der Waals surface area contributed by atoms with Crippen molar-refractivity contribution in [2.45, 2.75) is 18.7 Å². The molecular weight excluding hydrogens is 354 g/mol. The van der Waals surface area contributed by atoms with Gasteiger partial charge in [0.25, 0.3) is 5.91 Å². The van der Waals surface area contributed by atoms with Gasteiger partial charge in [0.05, 0.1) is 10.5 Å². The standard InChI is InChI=1S/C18H17N3O4S/c1-11-8-12(2)10-13(9-11)17-20-21-18(25-17)19-16(22)14-6-4-5-7-15(14)26(3,23)24/h4-10H,1-3H3,(H,19,21,22). The minimum Gasteiger partial charge on any atom is -0.403 e. The maximum absolute atomic E-state index is 12.4. The number of rotatable bonds is 4. The zero-order valence-electron chi connectivity index (χ0n) is 14.5. The Morgan fingerprint density at radius 1 is 1.04 bits per heavy atom. The highest BCUT2D eigenvalue weighted by atomic mass is 32.2. The summed E-state index contributed by atoms with van der Waals surface area (Å²) in [6.07, 6.45) is 1.05. The van der Waals surface area contributed by atoms with Crippen molar-refractivity contribution in [1.29, 1.82) is 0 Å². The van der Waals surface area contributed by atoms with E-state index >= 15 is 0 Å². The molecular formula is C18H17N3O4S. The quantitative estimate of drug-likeness (QED) is 0.756. The molecule has 26 heavy (non-hydrogen) atoms. The minimum absolute atomic E-state index is 0.0150. The first-order valence-corrected chi connectivity index (χ1v) is 9.66. The first-order chi connectivity index (χ1) is 12.2. The molecule has 0 aliphatic heterocycles. The summed E-state index contributed by atoms with van der Waals surface area (Å²) in [5, 5.41) is 10.2. The second kappa shape index (κ2) is 6.72. The third-order valence-electron chi connectivity index (χ3n) is 3.65. The number of aryl methyl sites for hydroxylation is 2. The molecule has 0 atom stereocenters. The number of benzene rings is 2. The van der Waals surface area contributed by atoms with Crippen molar-refractivity contribution in [3.8, 4) is 11.5 Å². The number of carbonyl (C=O) groups excluding carboxylic acids is 1. The van der Waals surface area contributed by atoms with Gasteiger partial charge in [-0.1, -0.05) is 34.4 Å². The SMILES string of the molecule is Cc1cc(C)cc(-c2nnc(NC(=O)c3ccccc3S(C)(=O)=O)o2)c1. The van der Waals surface area contributed by atoms with Crippen LogP contribution in [0.5, 0.6) is 0 Å². The van der Waals surface area contributed by atoms with Crippen LogP contribution in [-0.2, 0) is 9.84 Å². The van der Waals surface area contributed by atoms with Crippen LogP contribution in [-0.4, -0.2) is 30.8 Å². The third-order valence-corrected chi connectivity index (χ3v) is 4.80. The van der Waals surface area contributed by atoms with Gasteiger partial charge >= 0.3 is 6.01 Å². The zero-order chi connectivity index (χ0) is 18.9. The maximum Gasteiger partial charge on any atom is 0.322 e. The zero-order valence-corrected chi connectivity index (χ0v) is 15.3. The molecule has 3 aromatic rings. The smallest absolute Gasteiger partial charge is 0.322 e. The molecule has 1 N–H and O–H groups in total. The Kier molecular flexibility index (Phi) is 4.60. The van der Waals surface area contributed by atoms with Gasteiger partial charge in [-0.25, -0.2) is 8.42 Å². The molecule has 8 heteroatoms. The van der Waals surface area contributed by atoms with Crippen LogP contribution in [0.2, 0.25) is 0 Å². The van der Waals surface area contributed by atoms with Crippen LogP contribution in [0.15, 0.2) is 51.8 Å². The Morgan fingerprint density at radius 3 is 2.35 bits per heavy atom. The highest BCUT2D eigenvalue weighted by Crippen LogP contribution is 2.23. The molecule has 2 aromatic carbocycles. The van der Waals surface area contributed by atoms with Crippen LogP contribution in [0.3, 0.4) is 0 Å². The summed E-state index contributed by atoms with van der Waals surface area (Å²) in [6.45, 7) is 3.91. The molecule has 0 aliphatic carbocycles. The van der Waals surface area contributed by atoms with Crippen LogP contribution < -0.4 is 5.32 Å². The normalized spacial score (nSPS) is 11.3. The Labute approximate surface area is 151 Å². The highest BCUT2D eigenvalue weighted by molar-refractivity contribution is 7.90. The highest BCUT2D eigenvalue weighted by Gasteiger charge is 2.20. The van der Waals surface area contributed by atoms with E-state index in [0.717, 1.165) is 22.9 Å². The topological polar surface area (TPSA) is 102 Å². The molecule has 1 aromatic heterocycles. The maximum atomic E-state index is 12.4. The van der Waals surface area contributed by atoms with E-state index in [1.807, 2.05) is 32.0 Å². The fraction of sp³-hybridized carbons (Fsp3) is 0.167. The molecule has 0 unspecified atom stereocenters. The van der Waals surface area contributed by atoms with E-state index in [4.69, 9.17) is 4.42 Å². The number of nitrogens with zero attached hydrogens (tertiary/aromatic N) is 2. The molecule has 3 rings (SSSR count). The van der Waals surface area contributed by atoms with Gasteiger partial charge in [-0.05, 0) is 38.1 Å².